The summed E-state index contributed by atoms with van der Waals surface area (Å²) < 4.78 is 5.81. The maximum absolute atomic E-state index is 5.81. The third-order valence-corrected chi connectivity index (χ3v) is 5.05. The summed E-state index contributed by atoms with van der Waals surface area (Å²) in [6.07, 6.45) is 9.74. The molecule has 1 heterocycles. The molecule has 1 aromatic heterocycles. The molecule has 0 bridgehead atoms. The van der Waals surface area contributed by atoms with Gasteiger partial charge in [0.1, 0.15) is 5.52 Å². The topological polar surface area (TPSA) is 38.1 Å². The van der Waals surface area contributed by atoms with Crippen LogP contribution >= 0.6 is 0 Å². The Morgan fingerprint density at radius 2 is 2.20 bits per heavy atom. The lowest BCUT2D eigenvalue weighted by Gasteiger charge is -2.41. The van der Waals surface area contributed by atoms with E-state index in [4.69, 9.17) is 4.42 Å². The highest BCUT2D eigenvalue weighted by Gasteiger charge is 2.40. The summed E-state index contributed by atoms with van der Waals surface area (Å²) in [7, 11) is 0. The predicted octanol–water partition coefficient (Wildman–Crippen LogP) is 4.08. The zero-order valence-corrected chi connectivity index (χ0v) is 11.4. The highest BCUT2D eigenvalue weighted by Crippen LogP contribution is 2.44. The van der Waals surface area contributed by atoms with Gasteiger partial charge in [0.2, 0.25) is 0 Å². The molecule has 5 rings (SSSR count). The number of anilines is 1. The smallest absolute Gasteiger partial charge is 0.198 e. The second-order valence-electron chi connectivity index (χ2n) is 6.50. The van der Waals surface area contributed by atoms with Crippen molar-refractivity contribution < 1.29 is 4.42 Å². The van der Waals surface area contributed by atoms with Crippen LogP contribution in [0.25, 0.3) is 11.1 Å². The summed E-state index contributed by atoms with van der Waals surface area (Å²) in [4.78, 5) is 4.63. The Morgan fingerprint density at radius 3 is 3.05 bits per heavy atom. The van der Waals surface area contributed by atoms with E-state index in [2.05, 4.69) is 40.7 Å². The molecule has 0 aliphatic heterocycles. The maximum Gasteiger partial charge on any atom is 0.198 e. The molecule has 102 valence electrons. The Balaban J connectivity index is 1.40. The largest absolute Gasteiger partial charge is 0.440 e. The van der Waals surface area contributed by atoms with Crippen molar-refractivity contribution in [2.45, 2.75) is 37.6 Å². The summed E-state index contributed by atoms with van der Waals surface area (Å²) >= 11 is 0. The molecule has 1 N–H and O–H groups in total. The van der Waals surface area contributed by atoms with Crippen molar-refractivity contribution in [2.75, 3.05) is 5.32 Å². The Bertz CT molecular complexity index is 698. The summed E-state index contributed by atoms with van der Waals surface area (Å²) in [6.45, 7) is 0. The van der Waals surface area contributed by atoms with Gasteiger partial charge in [0.15, 0.2) is 11.5 Å². The van der Waals surface area contributed by atoms with E-state index in [1.165, 1.54) is 31.4 Å². The SMILES string of the molecule is C1=CC2C(C1)CC2Nc1ccc2oc(C3CC3)nc2c1. The molecule has 2 saturated carbocycles. The van der Waals surface area contributed by atoms with Crippen LogP contribution in [0.2, 0.25) is 0 Å². The van der Waals surface area contributed by atoms with Gasteiger partial charge >= 0.3 is 0 Å². The van der Waals surface area contributed by atoms with E-state index in [9.17, 15) is 0 Å². The average molecular weight is 266 g/mol. The predicted molar refractivity (Wildman–Crippen MR) is 78.7 cm³/mol. The Kier molecular flexibility index (Phi) is 2.12. The molecule has 1 aromatic carbocycles. The van der Waals surface area contributed by atoms with Crippen LogP contribution in [-0.4, -0.2) is 11.0 Å². The third-order valence-electron chi connectivity index (χ3n) is 5.05. The lowest BCUT2D eigenvalue weighted by atomic mass is 9.71. The summed E-state index contributed by atoms with van der Waals surface area (Å²) in [5, 5.41) is 3.66. The van der Waals surface area contributed by atoms with Crippen LogP contribution in [0.15, 0.2) is 34.8 Å². The molecule has 3 aliphatic carbocycles. The van der Waals surface area contributed by atoms with Gasteiger partial charge in [0.25, 0.3) is 0 Å². The van der Waals surface area contributed by atoms with Gasteiger partial charge in [0, 0.05) is 23.6 Å². The van der Waals surface area contributed by atoms with Crippen molar-refractivity contribution in [1.82, 2.24) is 4.98 Å². The first-order chi connectivity index (χ1) is 9.87. The molecule has 2 fully saturated rings. The van der Waals surface area contributed by atoms with E-state index in [0.29, 0.717) is 12.0 Å². The van der Waals surface area contributed by atoms with E-state index in [-0.39, 0.29) is 0 Å². The van der Waals surface area contributed by atoms with Crippen molar-refractivity contribution >= 4 is 16.8 Å². The number of nitrogens with zero attached hydrogens (tertiary/aromatic N) is 1. The molecule has 3 unspecified atom stereocenters. The molecular formula is C17H18N2O. The first-order valence-electron chi connectivity index (χ1n) is 7.70. The van der Waals surface area contributed by atoms with E-state index < -0.39 is 0 Å². The Labute approximate surface area is 118 Å². The zero-order valence-electron chi connectivity index (χ0n) is 11.4. The number of fused-ring (bicyclic) bond motifs is 2. The fraction of sp³-hybridized carbons (Fsp3) is 0.471. The first kappa shape index (κ1) is 11.0. The van der Waals surface area contributed by atoms with E-state index in [0.717, 1.165) is 28.8 Å². The van der Waals surface area contributed by atoms with Crippen molar-refractivity contribution in [3.8, 4) is 0 Å². The quantitative estimate of drug-likeness (QED) is 0.851. The number of allylic oxidation sites excluding steroid dienone is 1. The van der Waals surface area contributed by atoms with Gasteiger partial charge in [-0.05, 0) is 49.8 Å². The maximum atomic E-state index is 5.81. The zero-order chi connectivity index (χ0) is 13.1. The number of aromatic nitrogens is 1. The minimum Gasteiger partial charge on any atom is -0.440 e. The highest BCUT2D eigenvalue weighted by atomic mass is 16.3. The third kappa shape index (κ3) is 1.62. The van der Waals surface area contributed by atoms with Gasteiger partial charge in [-0.3, -0.25) is 0 Å². The van der Waals surface area contributed by atoms with E-state index in [1.807, 2.05) is 0 Å². The lowest BCUT2D eigenvalue weighted by molar-refractivity contribution is 0.218. The summed E-state index contributed by atoms with van der Waals surface area (Å²) in [5.74, 6) is 3.14. The van der Waals surface area contributed by atoms with Crippen molar-refractivity contribution in [1.29, 1.82) is 0 Å². The average Bonchev–Trinajstić information content (AvgIpc) is 3.10. The number of rotatable bonds is 3. The summed E-state index contributed by atoms with van der Waals surface area (Å²) in [6, 6.07) is 6.91. The normalized spacial score (nSPS) is 31.3. The van der Waals surface area contributed by atoms with Crippen LogP contribution in [0.1, 0.15) is 37.5 Å². The molecule has 2 aromatic rings. The molecule has 0 amide bonds. The van der Waals surface area contributed by atoms with E-state index in [1.54, 1.807) is 0 Å². The highest BCUT2D eigenvalue weighted by molar-refractivity contribution is 5.77. The fourth-order valence-corrected chi connectivity index (χ4v) is 3.64. The number of benzene rings is 1. The molecule has 20 heavy (non-hydrogen) atoms. The van der Waals surface area contributed by atoms with Gasteiger partial charge in [-0.2, -0.15) is 0 Å². The van der Waals surface area contributed by atoms with Gasteiger partial charge in [-0.1, -0.05) is 12.2 Å². The molecule has 0 radical (unpaired) electrons. The van der Waals surface area contributed by atoms with Crippen molar-refractivity contribution in [3.05, 3.63) is 36.2 Å². The van der Waals surface area contributed by atoms with Crippen LogP contribution < -0.4 is 5.32 Å². The first-order valence-corrected chi connectivity index (χ1v) is 7.70. The molecule has 0 saturated heterocycles. The molecule has 3 aliphatic rings. The minimum absolute atomic E-state index is 0.579. The van der Waals surface area contributed by atoms with Crippen molar-refractivity contribution in [3.63, 3.8) is 0 Å². The van der Waals surface area contributed by atoms with Gasteiger partial charge < -0.3 is 9.73 Å². The van der Waals surface area contributed by atoms with Gasteiger partial charge in [-0.25, -0.2) is 4.98 Å². The minimum atomic E-state index is 0.579. The second-order valence-corrected chi connectivity index (χ2v) is 6.50. The number of oxazole rings is 1. The lowest BCUT2D eigenvalue weighted by Crippen LogP contribution is -2.43. The molecule has 3 nitrogen and oxygen atoms in total. The molecular weight excluding hydrogens is 248 g/mol. The van der Waals surface area contributed by atoms with Gasteiger partial charge in [0.05, 0.1) is 0 Å². The Hall–Kier alpha value is -1.77. The standard InChI is InChI=1S/C17H18N2O/c1-2-11-8-14(13(11)3-1)18-12-6-7-16-15(9-12)19-17(20-16)10-4-5-10/h1,3,6-7,9-11,13-14,18H,2,4-5,8H2. The van der Waals surface area contributed by atoms with Crippen molar-refractivity contribution in [2.24, 2.45) is 11.8 Å². The number of hydrogen-bond acceptors (Lipinski definition) is 3. The van der Waals surface area contributed by atoms with Crippen LogP contribution in [-0.2, 0) is 0 Å². The monoisotopic (exact) mass is 266 g/mol. The molecule has 3 atom stereocenters. The molecule has 3 heteroatoms. The second kappa shape index (κ2) is 3.87. The Morgan fingerprint density at radius 1 is 1.25 bits per heavy atom. The molecule has 0 spiro atoms. The van der Waals surface area contributed by atoms with Crippen LogP contribution in [0.5, 0.6) is 0 Å². The van der Waals surface area contributed by atoms with E-state index >= 15 is 0 Å². The number of hydrogen-bond donors (Lipinski definition) is 1. The van der Waals surface area contributed by atoms with Crippen LogP contribution in [0.4, 0.5) is 5.69 Å². The summed E-state index contributed by atoms with van der Waals surface area (Å²) in [5.41, 5.74) is 3.09. The fourth-order valence-electron chi connectivity index (χ4n) is 3.64. The van der Waals surface area contributed by atoms with Crippen LogP contribution in [0.3, 0.4) is 0 Å². The van der Waals surface area contributed by atoms with Gasteiger partial charge in [-0.15, -0.1) is 0 Å². The van der Waals surface area contributed by atoms with Crippen LogP contribution in [0, 0.1) is 11.8 Å². The number of nitrogens with one attached hydrogen (secondary N) is 1.